The van der Waals surface area contributed by atoms with Gasteiger partial charge < -0.3 is 33.0 Å². The van der Waals surface area contributed by atoms with Gasteiger partial charge in [-0.2, -0.15) is 10.2 Å². The van der Waals surface area contributed by atoms with Crippen LogP contribution in [-0.2, 0) is 22.6 Å². The Bertz CT molecular complexity index is 2890. The van der Waals surface area contributed by atoms with Crippen molar-refractivity contribution in [3.63, 3.8) is 0 Å². The van der Waals surface area contributed by atoms with Gasteiger partial charge in [-0.05, 0) is 30.3 Å². The number of carbonyl (C=O) groups is 2. The van der Waals surface area contributed by atoms with Crippen LogP contribution in [0.25, 0.3) is 45.1 Å². The monoisotopic (exact) mass is 818 g/mol. The SMILES string of the molecule is CC(=O)Nc1c(N)nc(-c2nn(Cc3ccccc3F)c3ncccc23)nc1N.COC(=O)Nc1c(N)nc(-c2nn(Cc3ccccc3F)c3ncc(F)cc23)nc1N. The molecule has 304 valence electrons. The average molecular weight is 819 g/mol. The maximum atomic E-state index is 14.1. The molecule has 0 aliphatic carbocycles. The molecule has 22 heteroatoms. The fourth-order valence-corrected chi connectivity index (χ4v) is 5.96. The number of nitrogens with one attached hydrogen (secondary N) is 2. The summed E-state index contributed by atoms with van der Waals surface area (Å²) in [4.78, 5) is 47.9. The van der Waals surface area contributed by atoms with Crippen molar-refractivity contribution in [3.05, 3.63) is 108 Å². The van der Waals surface area contributed by atoms with E-state index in [-0.39, 0.29) is 87.8 Å². The maximum Gasteiger partial charge on any atom is 0.411 e. The first-order valence-electron chi connectivity index (χ1n) is 17.6. The number of benzene rings is 2. The maximum absolute atomic E-state index is 14.1. The van der Waals surface area contributed by atoms with Gasteiger partial charge in [0, 0.05) is 24.2 Å². The van der Waals surface area contributed by atoms with Crippen LogP contribution in [0.3, 0.4) is 0 Å². The summed E-state index contributed by atoms with van der Waals surface area (Å²) in [5, 5.41) is 14.7. The quantitative estimate of drug-likeness (QED) is 0.121. The van der Waals surface area contributed by atoms with Crippen LogP contribution in [0.2, 0.25) is 0 Å². The highest BCUT2D eigenvalue weighted by atomic mass is 19.1. The highest BCUT2D eigenvalue weighted by Gasteiger charge is 2.22. The average Bonchev–Trinajstić information content (AvgIpc) is 3.77. The van der Waals surface area contributed by atoms with Crippen LogP contribution in [0.4, 0.5) is 52.6 Å². The lowest BCUT2D eigenvalue weighted by atomic mass is 10.2. The van der Waals surface area contributed by atoms with Crippen molar-refractivity contribution in [2.24, 2.45) is 0 Å². The zero-order chi connectivity index (χ0) is 42.7. The van der Waals surface area contributed by atoms with Gasteiger partial charge in [-0.15, -0.1) is 0 Å². The molecule has 0 saturated heterocycles. The number of ether oxygens (including phenoxy) is 1. The van der Waals surface area contributed by atoms with E-state index in [2.05, 4.69) is 55.5 Å². The Balaban J connectivity index is 0.000000182. The van der Waals surface area contributed by atoms with E-state index >= 15 is 0 Å². The molecular weight excluding hydrogens is 786 g/mol. The van der Waals surface area contributed by atoms with Crippen LogP contribution in [-0.4, -0.2) is 68.6 Å². The number of methoxy groups -OCH3 is 1. The minimum Gasteiger partial charge on any atom is -0.453 e. The number of nitrogens with zero attached hydrogens (tertiary/aromatic N) is 10. The van der Waals surface area contributed by atoms with Crippen molar-refractivity contribution < 1.29 is 27.5 Å². The first-order chi connectivity index (χ1) is 28.8. The Morgan fingerprint density at radius 1 is 0.667 bits per heavy atom. The molecule has 0 unspecified atom stereocenters. The number of hydrogen-bond acceptors (Lipinski definition) is 15. The van der Waals surface area contributed by atoms with Gasteiger partial charge >= 0.3 is 6.09 Å². The minimum absolute atomic E-state index is 0.0170. The number of fused-ring (bicyclic) bond motifs is 2. The molecule has 0 radical (unpaired) electrons. The summed E-state index contributed by atoms with van der Waals surface area (Å²) in [7, 11) is 1.17. The number of amides is 2. The molecule has 19 nitrogen and oxygen atoms in total. The lowest BCUT2D eigenvalue weighted by Gasteiger charge is -2.10. The van der Waals surface area contributed by atoms with Crippen molar-refractivity contribution in [3.8, 4) is 23.0 Å². The second-order valence-electron chi connectivity index (χ2n) is 12.8. The van der Waals surface area contributed by atoms with Gasteiger partial charge in [-0.1, -0.05) is 36.4 Å². The fourth-order valence-electron chi connectivity index (χ4n) is 5.96. The van der Waals surface area contributed by atoms with Crippen LogP contribution in [0.15, 0.2) is 79.1 Å². The number of hydrogen-bond donors (Lipinski definition) is 6. The summed E-state index contributed by atoms with van der Waals surface area (Å²) in [5.41, 5.74) is 26.1. The van der Waals surface area contributed by atoms with Crippen molar-refractivity contribution in [2.75, 3.05) is 40.7 Å². The summed E-state index contributed by atoms with van der Waals surface area (Å²) < 4.78 is 49.6. The van der Waals surface area contributed by atoms with Crippen molar-refractivity contribution in [1.29, 1.82) is 0 Å². The van der Waals surface area contributed by atoms with Crippen molar-refractivity contribution in [2.45, 2.75) is 20.0 Å². The Morgan fingerprint density at radius 2 is 1.15 bits per heavy atom. The number of halogens is 3. The van der Waals surface area contributed by atoms with E-state index in [1.165, 1.54) is 36.9 Å². The molecule has 8 rings (SSSR count). The lowest BCUT2D eigenvalue weighted by molar-refractivity contribution is -0.114. The zero-order valence-corrected chi connectivity index (χ0v) is 31.6. The third-order valence-electron chi connectivity index (χ3n) is 8.68. The third-order valence-corrected chi connectivity index (χ3v) is 8.68. The number of nitrogen functional groups attached to an aromatic ring is 4. The summed E-state index contributed by atoms with van der Waals surface area (Å²) in [6.07, 6.45) is 1.84. The predicted molar refractivity (Wildman–Crippen MR) is 216 cm³/mol. The van der Waals surface area contributed by atoms with Crippen LogP contribution in [0.1, 0.15) is 18.1 Å². The smallest absolute Gasteiger partial charge is 0.411 e. The predicted octanol–water partition coefficient (Wildman–Crippen LogP) is 4.76. The second-order valence-corrected chi connectivity index (χ2v) is 12.8. The highest BCUT2D eigenvalue weighted by Crippen LogP contribution is 2.32. The molecular formula is C38H33F3N16O3. The fraction of sp³-hybridized carbons (Fsp3) is 0.105. The van der Waals surface area contributed by atoms with E-state index in [4.69, 9.17) is 22.9 Å². The number of carbonyl (C=O) groups excluding carboxylic acids is 2. The minimum atomic E-state index is -0.805. The molecule has 0 saturated carbocycles. The Kier molecular flexibility index (Phi) is 11.0. The summed E-state index contributed by atoms with van der Waals surface area (Å²) in [6, 6.07) is 17.4. The first-order valence-corrected chi connectivity index (χ1v) is 17.6. The molecule has 10 N–H and O–H groups in total. The molecule has 2 aromatic carbocycles. The van der Waals surface area contributed by atoms with E-state index in [1.807, 2.05) is 0 Å². The normalized spacial score (nSPS) is 10.9. The molecule has 0 spiro atoms. The Labute approximate surface area is 336 Å². The van der Waals surface area contributed by atoms with Crippen molar-refractivity contribution >= 4 is 68.7 Å². The molecule has 0 atom stereocenters. The van der Waals surface area contributed by atoms with E-state index in [0.717, 1.165) is 6.20 Å². The zero-order valence-electron chi connectivity index (χ0n) is 31.6. The molecule has 0 aliphatic heterocycles. The standard InChI is InChI=1S/C19H16F2N8O2.C19H17FN8O/c1-31-19(30)25-14-15(22)26-17(27-16(14)23)13-11-6-10(20)7-24-18(11)29(28-13)8-9-4-2-3-5-12(9)21;1-10(29)24-15-16(21)25-18(26-17(15)22)14-12-6-4-8-23-19(12)28(27-14)9-11-5-2-3-7-13(11)20/h2-7H,8H2,1H3,(H,25,30)(H4,22,23,26,27);2-8H,9H2,1H3,(H,24,29)(H4,21,22,25,26). The Morgan fingerprint density at radius 3 is 1.65 bits per heavy atom. The van der Waals surface area contributed by atoms with Crippen LogP contribution >= 0.6 is 0 Å². The number of rotatable bonds is 8. The number of anilines is 6. The Hall–Kier alpha value is -8.43. The van der Waals surface area contributed by atoms with Gasteiger partial charge in [0.1, 0.15) is 40.2 Å². The van der Waals surface area contributed by atoms with Crippen molar-refractivity contribution in [1.82, 2.24) is 49.5 Å². The van der Waals surface area contributed by atoms with E-state index < -0.39 is 17.7 Å². The van der Waals surface area contributed by atoms with Gasteiger partial charge in [-0.3, -0.25) is 10.1 Å². The van der Waals surface area contributed by atoms with Gasteiger partial charge in [0.25, 0.3) is 0 Å². The number of aromatic nitrogens is 10. The van der Waals surface area contributed by atoms with Gasteiger partial charge in [0.05, 0.1) is 37.2 Å². The van der Waals surface area contributed by atoms with Gasteiger partial charge in [-0.25, -0.2) is 57.2 Å². The van der Waals surface area contributed by atoms with E-state index in [1.54, 1.807) is 59.4 Å². The third kappa shape index (κ3) is 8.18. The first kappa shape index (κ1) is 39.8. The largest absolute Gasteiger partial charge is 0.453 e. The van der Waals surface area contributed by atoms with Crippen LogP contribution < -0.4 is 33.6 Å². The molecule has 60 heavy (non-hydrogen) atoms. The number of nitrogens with two attached hydrogens (primary N) is 4. The second kappa shape index (κ2) is 16.6. The molecule has 6 aromatic heterocycles. The molecule has 8 aromatic rings. The van der Waals surface area contributed by atoms with E-state index in [0.29, 0.717) is 27.9 Å². The van der Waals surface area contributed by atoms with E-state index in [9.17, 15) is 22.8 Å². The van der Waals surface area contributed by atoms with Crippen LogP contribution in [0.5, 0.6) is 0 Å². The molecule has 0 aliphatic rings. The van der Waals surface area contributed by atoms with Gasteiger partial charge in [0.15, 0.2) is 46.2 Å². The molecule has 2 amide bonds. The highest BCUT2D eigenvalue weighted by molar-refractivity contribution is 5.97. The van der Waals surface area contributed by atoms with Gasteiger partial charge in [0.2, 0.25) is 5.91 Å². The number of pyridine rings is 2. The topological polar surface area (TPSA) is 284 Å². The molecule has 0 bridgehead atoms. The molecule has 6 heterocycles. The summed E-state index contributed by atoms with van der Waals surface area (Å²) in [5.74, 6) is -1.80. The lowest BCUT2D eigenvalue weighted by Crippen LogP contribution is -2.16. The molecule has 0 fully saturated rings. The summed E-state index contributed by atoms with van der Waals surface area (Å²) in [6.45, 7) is 1.54. The summed E-state index contributed by atoms with van der Waals surface area (Å²) >= 11 is 0. The van der Waals surface area contributed by atoms with Crippen LogP contribution in [0, 0.1) is 17.5 Å².